The zero-order valence-corrected chi connectivity index (χ0v) is 16.5. The maximum Gasteiger partial charge on any atom is 0.224 e. The van der Waals surface area contributed by atoms with Crippen molar-refractivity contribution in [2.24, 2.45) is 0 Å². The smallest absolute Gasteiger partial charge is 0.224 e. The van der Waals surface area contributed by atoms with E-state index in [1.807, 2.05) is 49.2 Å². The van der Waals surface area contributed by atoms with Gasteiger partial charge in [-0.25, -0.2) is 13.4 Å². The van der Waals surface area contributed by atoms with Crippen molar-refractivity contribution in [3.05, 3.63) is 46.6 Å². The van der Waals surface area contributed by atoms with E-state index in [0.717, 1.165) is 23.0 Å². The van der Waals surface area contributed by atoms with E-state index < -0.39 is 9.84 Å². The van der Waals surface area contributed by atoms with Crippen LogP contribution in [0.15, 0.2) is 30.3 Å². The molecule has 1 unspecified atom stereocenters. The third-order valence-electron chi connectivity index (χ3n) is 4.57. The van der Waals surface area contributed by atoms with Crippen molar-refractivity contribution in [1.82, 2.24) is 9.97 Å². The van der Waals surface area contributed by atoms with Gasteiger partial charge in [-0.1, -0.05) is 23.7 Å². The Hall–Kier alpha value is -1.86. The van der Waals surface area contributed by atoms with Gasteiger partial charge in [0.15, 0.2) is 9.84 Å². The molecular weight excluding hydrogens is 372 g/mol. The second-order valence-electron chi connectivity index (χ2n) is 6.66. The Balaban J connectivity index is 1.64. The molecule has 2 aromatic rings. The van der Waals surface area contributed by atoms with Crippen LogP contribution in [-0.2, 0) is 16.3 Å². The quantitative estimate of drug-likeness (QED) is 0.811. The molecule has 1 N–H and O–H groups in total. The van der Waals surface area contributed by atoms with Crippen LogP contribution in [0.4, 0.5) is 11.8 Å². The monoisotopic (exact) mass is 394 g/mol. The lowest BCUT2D eigenvalue weighted by molar-refractivity contribution is 0.600. The number of aromatic nitrogens is 2. The summed E-state index contributed by atoms with van der Waals surface area (Å²) in [5.41, 5.74) is 2.03. The highest BCUT2D eigenvalue weighted by molar-refractivity contribution is 7.91. The van der Waals surface area contributed by atoms with Crippen LogP contribution in [0.2, 0.25) is 5.02 Å². The van der Waals surface area contributed by atoms with Crippen LogP contribution in [0.25, 0.3) is 0 Å². The van der Waals surface area contributed by atoms with Crippen LogP contribution in [0.3, 0.4) is 0 Å². The van der Waals surface area contributed by atoms with E-state index in [1.54, 1.807) is 0 Å². The van der Waals surface area contributed by atoms with Crippen LogP contribution in [0.5, 0.6) is 0 Å². The highest BCUT2D eigenvalue weighted by atomic mass is 35.5. The highest BCUT2D eigenvalue weighted by Crippen LogP contribution is 2.22. The molecule has 6 nitrogen and oxygen atoms in total. The summed E-state index contributed by atoms with van der Waals surface area (Å²) in [6, 6.07) is 9.61. The largest absolute Gasteiger partial charge is 0.355 e. The lowest BCUT2D eigenvalue weighted by atomic mass is 10.1. The number of benzene rings is 1. The molecule has 3 rings (SSSR count). The van der Waals surface area contributed by atoms with Crippen molar-refractivity contribution in [2.75, 3.05) is 35.3 Å². The topological polar surface area (TPSA) is 75.2 Å². The minimum Gasteiger partial charge on any atom is -0.355 e. The molecule has 2 heterocycles. The summed E-state index contributed by atoms with van der Waals surface area (Å²) < 4.78 is 23.5. The predicted molar refractivity (Wildman–Crippen MR) is 106 cm³/mol. The Morgan fingerprint density at radius 1 is 1.27 bits per heavy atom. The first-order chi connectivity index (χ1) is 12.3. The first-order valence-electron chi connectivity index (χ1n) is 8.60. The number of rotatable bonds is 6. The maximum atomic E-state index is 11.7. The minimum atomic E-state index is -2.93. The van der Waals surface area contributed by atoms with E-state index in [-0.39, 0.29) is 17.5 Å². The Morgan fingerprint density at radius 2 is 2.00 bits per heavy atom. The molecule has 1 aliphatic rings. The van der Waals surface area contributed by atoms with Gasteiger partial charge in [-0.15, -0.1) is 0 Å². The molecule has 26 heavy (non-hydrogen) atoms. The van der Waals surface area contributed by atoms with Gasteiger partial charge in [0, 0.05) is 36.4 Å². The number of anilines is 2. The summed E-state index contributed by atoms with van der Waals surface area (Å²) in [6.45, 7) is 2.61. The van der Waals surface area contributed by atoms with Crippen molar-refractivity contribution >= 4 is 33.2 Å². The number of hydrogen-bond donors (Lipinski definition) is 1. The molecule has 1 saturated heterocycles. The summed E-state index contributed by atoms with van der Waals surface area (Å²) in [5.74, 6) is 1.74. The fraction of sp³-hybridized carbons (Fsp3) is 0.444. The summed E-state index contributed by atoms with van der Waals surface area (Å²) in [5, 5.41) is 3.98. The van der Waals surface area contributed by atoms with E-state index in [2.05, 4.69) is 15.3 Å². The lowest BCUT2D eigenvalue weighted by Crippen LogP contribution is -2.33. The van der Waals surface area contributed by atoms with Crippen LogP contribution in [0, 0.1) is 6.92 Å². The third-order valence-corrected chi connectivity index (χ3v) is 6.57. The van der Waals surface area contributed by atoms with Gasteiger partial charge in [0.05, 0.1) is 11.5 Å². The second-order valence-corrected chi connectivity index (χ2v) is 9.33. The van der Waals surface area contributed by atoms with Gasteiger partial charge in [0.2, 0.25) is 5.95 Å². The Labute approximate surface area is 159 Å². The van der Waals surface area contributed by atoms with E-state index in [0.29, 0.717) is 18.9 Å². The van der Waals surface area contributed by atoms with E-state index in [1.165, 1.54) is 5.56 Å². The number of halogens is 1. The van der Waals surface area contributed by atoms with Crippen LogP contribution in [0.1, 0.15) is 17.7 Å². The van der Waals surface area contributed by atoms with Crippen molar-refractivity contribution in [3.8, 4) is 0 Å². The minimum absolute atomic E-state index is 0.0313. The SMILES string of the molecule is Cc1cc(N(C)C2CCS(=O)(=O)C2)nc(NCCc2ccc(Cl)cc2)n1. The predicted octanol–water partition coefficient (Wildman–Crippen LogP) is 2.72. The number of aryl methyl sites for hydroxylation is 1. The average Bonchev–Trinajstić information content (AvgIpc) is 2.95. The van der Waals surface area contributed by atoms with Gasteiger partial charge in [0.25, 0.3) is 0 Å². The molecule has 1 aromatic carbocycles. The van der Waals surface area contributed by atoms with Gasteiger partial charge in [-0.05, 0) is 37.5 Å². The molecule has 0 bridgehead atoms. The molecule has 8 heteroatoms. The molecule has 0 amide bonds. The normalized spacial score (nSPS) is 18.7. The molecule has 1 atom stereocenters. The van der Waals surface area contributed by atoms with Crippen LogP contribution >= 0.6 is 11.6 Å². The zero-order chi connectivity index (χ0) is 18.7. The molecule has 0 spiro atoms. The Bertz CT molecular complexity index is 871. The molecule has 1 aliphatic heterocycles. The lowest BCUT2D eigenvalue weighted by Gasteiger charge is -2.25. The van der Waals surface area contributed by atoms with Crippen molar-refractivity contribution in [3.63, 3.8) is 0 Å². The van der Waals surface area contributed by atoms with Gasteiger partial charge in [0.1, 0.15) is 5.82 Å². The molecule has 0 radical (unpaired) electrons. The first-order valence-corrected chi connectivity index (χ1v) is 10.8. The standard InChI is InChI=1S/C18H23ClN4O2S/c1-13-11-17(23(2)16-8-10-26(24,25)12-16)22-18(21-13)20-9-7-14-3-5-15(19)6-4-14/h3-6,11,16H,7-10,12H2,1-2H3,(H,20,21,22). The number of hydrogen-bond acceptors (Lipinski definition) is 6. The fourth-order valence-electron chi connectivity index (χ4n) is 3.05. The van der Waals surface area contributed by atoms with Crippen LogP contribution in [-0.4, -0.2) is 49.5 Å². The molecule has 140 valence electrons. The highest BCUT2D eigenvalue weighted by Gasteiger charge is 2.31. The van der Waals surface area contributed by atoms with E-state index in [9.17, 15) is 8.42 Å². The van der Waals surface area contributed by atoms with Gasteiger partial charge >= 0.3 is 0 Å². The molecule has 1 aromatic heterocycles. The third kappa shape index (κ3) is 4.86. The Kier molecular flexibility index (Phi) is 5.67. The average molecular weight is 395 g/mol. The van der Waals surface area contributed by atoms with Crippen LogP contribution < -0.4 is 10.2 Å². The second kappa shape index (κ2) is 7.80. The van der Waals surface area contributed by atoms with Crippen molar-refractivity contribution in [2.45, 2.75) is 25.8 Å². The van der Waals surface area contributed by atoms with Gasteiger partial charge < -0.3 is 10.2 Å². The van der Waals surface area contributed by atoms with Gasteiger partial charge in [-0.2, -0.15) is 4.98 Å². The van der Waals surface area contributed by atoms with Gasteiger partial charge in [-0.3, -0.25) is 0 Å². The maximum absolute atomic E-state index is 11.7. The zero-order valence-electron chi connectivity index (χ0n) is 14.9. The number of nitrogens with one attached hydrogen (secondary N) is 1. The summed E-state index contributed by atoms with van der Waals surface area (Å²) >= 11 is 5.90. The summed E-state index contributed by atoms with van der Waals surface area (Å²) in [6.07, 6.45) is 1.47. The molecule has 0 aliphatic carbocycles. The fourth-order valence-corrected chi connectivity index (χ4v) is 4.95. The summed E-state index contributed by atoms with van der Waals surface area (Å²) in [4.78, 5) is 10.9. The van der Waals surface area contributed by atoms with E-state index >= 15 is 0 Å². The van der Waals surface area contributed by atoms with Crippen molar-refractivity contribution in [1.29, 1.82) is 0 Å². The number of nitrogens with zero attached hydrogens (tertiary/aromatic N) is 3. The summed E-state index contributed by atoms with van der Waals surface area (Å²) in [7, 11) is -1.03. The first kappa shape index (κ1) is 18.9. The van der Waals surface area contributed by atoms with Crippen molar-refractivity contribution < 1.29 is 8.42 Å². The molecular formula is C18H23ClN4O2S. The van der Waals surface area contributed by atoms with E-state index in [4.69, 9.17) is 11.6 Å². The number of sulfone groups is 1. The Morgan fingerprint density at radius 3 is 2.65 bits per heavy atom. The molecule has 1 fully saturated rings. The molecule has 0 saturated carbocycles.